The molecule has 0 amide bonds. The Morgan fingerprint density at radius 2 is 2.21 bits per heavy atom. The molecular formula is C16H30IN7. The molecule has 1 saturated heterocycles. The molecule has 1 fully saturated rings. The minimum Gasteiger partial charge on any atom is -0.355 e. The third-order valence-corrected chi connectivity index (χ3v) is 4.39. The van der Waals surface area contributed by atoms with Gasteiger partial charge in [-0.05, 0) is 32.9 Å². The third kappa shape index (κ3) is 5.73. The second kappa shape index (κ2) is 10.7. The standard InChI is InChI=1S/C16H29N7.HI/c1-5-9-17-16(18-11-14-8-7-10-23(14)6-2)19-12-15-21-20-13(3)22(15)4;/h5,14H,1,6-12H2,2-4H3,(H2,17,18,19);1H. The van der Waals surface area contributed by atoms with Gasteiger partial charge in [-0.2, -0.15) is 0 Å². The second-order valence-electron chi connectivity index (χ2n) is 5.86. The Hall–Kier alpha value is -1.16. The lowest BCUT2D eigenvalue weighted by Gasteiger charge is -2.24. The second-order valence-corrected chi connectivity index (χ2v) is 5.86. The van der Waals surface area contributed by atoms with E-state index in [0.29, 0.717) is 19.1 Å². The fourth-order valence-corrected chi connectivity index (χ4v) is 2.84. The number of nitrogens with one attached hydrogen (secondary N) is 2. The van der Waals surface area contributed by atoms with Crippen molar-refractivity contribution in [3.8, 4) is 0 Å². The molecule has 0 aromatic carbocycles. The van der Waals surface area contributed by atoms with E-state index in [-0.39, 0.29) is 24.0 Å². The number of nitrogens with zero attached hydrogens (tertiary/aromatic N) is 5. The van der Waals surface area contributed by atoms with E-state index in [1.165, 1.54) is 19.4 Å². The predicted molar refractivity (Wildman–Crippen MR) is 109 cm³/mol. The summed E-state index contributed by atoms with van der Waals surface area (Å²) in [6.45, 7) is 12.3. The van der Waals surface area contributed by atoms with Crippen LogP contribution in [0.1, 0.15) is 31.4 Å². The van der Waals surface area contributed by atoms with E-state index >= 15 is 0 Å². The van der Waals surface area contributed by atoms with E-state index in [2.05, 4.69) is 44.2 Å². The molecule has 8 heteroatoms. The van der Waals surface area contributed by atoms with Gasteiger partial charge in [0.05, 0.1) is 0 Å². The summed E-state index contributed by atoms with van der Waals surface area (Å²) in [4.78, 5) is 7.14. The summed E-state index contributed by atoms with van der Waals surface area (Å²) >= 11 is 0. The SMILES string of the molecule is C=CCNC(=NCc1nnc(C)n1C)NCC1CCCN1CC.I. The first kappa shape index (κ1) is 20.9. The fourth-order valence-electron chi connectivity index (χ4n) is 2.84. The fraction of sp³-hybridized carbons (Fsp3) is 0.688. The molecule has 0 bridgehead atoms. The maximum atomic E-state index is 4.62. The molecule has 1 aromatic heterocycles. The van der Waals surface area contributed by atoms with Crippen molar-refractivity contribution in [2.75, 3.05) is 26.2 Å². The molecule has 0 aliphatic carbocycles. The van der Waals surface area contributed by atoms with Crippen LogP contribution in [0.25, 0.3) is 0 Å². The molecule has 7 nitrogen and oxygen atoms in total. The van der Waals surface area contributed by atoms with Gasteiger partial charge in [0.2, 0.25) is 0 Å². The van der Waals surface area contributed by atoms with E-state index < -0.39 is 0 Å². The quantitative estimate of drug-likeness (QED) is 0.287. The summed E-state index contributed by atoms with van der Waals surface area (Å²) in [5, 5.41) is 14.9. The zero-order chi connectivity index (χ0) is 16.7. The number of hydrogen-bond acceptors (Lipinski definition) is 4. The normalized spacial score (nSPS) is 18.3. The van der Waals surface area contributed by atoms with Gasteiger partial charge in [-0.3, -0.25) is 4.90 Å². The lowest BCUT2D eigenvalue weighted by Crippen LogP contribution is -2.45. The van der Waals surface area contributed by atoms with Crippen molar-refractivity contribution >= 4 is 29.9 Å². The van der Waals surface area contributed by atoms with E-state index in [1.54, 1.807) is 0 Å². The Morgan fingerprint density at radius 1 is 1.42 bits per heavy atom. The molecule has 0 saturated carbocycles. The maximum Gasteiger partial charge on any atom is 0.192 e. The van der Waals surface area contributed by atoms with Gasteiger partial charge in [-0.25, -0.2) is 4.99 Å². The van der Waals surface area contributed by atoms with Gasteiger partial charge in [-0.1, -0.05) is 13.0 Å². The predicted octanol–water partition coefficient (Wildman–Crippen LogP) is 1.45. The van der Waals surface area contributed by atoms with Crippen LogP contribution < -0.4 is 10.6 Å². The molecule has 24 heavy (non-hydrogen) atoms. The van der Waals surface area contributed by atoms with Crippen LogP contribution in [0.4, 0.5) is 0 Å². The molecule has 1 unspecified atom stereocenters. The van der Waals surface area contributed by atoms with Gasteiger partial charge in [0.15, 0.2) is 11.8 Å². The molecule has 1 aliphatic rings. The summed E-state index contributed by atoms with van der Waals surface area (Å²) in [5.41, 5.74) is 0. The van der Waals surface area contributed by atoms with Gasteiger partial charge in [0, 0.05) is 26.2 Å². The average molecular weight is 447 g/mol. The van der Waals surface area contributed by atoms with Gasteiger partial charge < -0.3 is 15.2 Å². The average Bonchev–Trinajstić information content (AvgIpc) is 3.14. The van der Waals surface area contributed by atoms with Crippen molar-refractivity contribution in [1.82, 2.24) is 30.3 Å². The first-order valence-electron chi connectivity index (χ1n) is 8.37. The number of aromatic nitrogens is 3. The summed E-state index contributed by atoms with van der Waals surface area (Å²) < 4.78 is 1.96. The van der Waals surface area contributed by atoms with Crippen LogP contribution in [0.3, 0.4) is 0 Å². The molecule has 1 aliphatic heterocycles. The number of hydrogen-bond donors (Lipinski definition) is 2. The van der Waals surface area contributed by atoms with Crippen molar-refractivity contribution in [3.05, 3.63) is 24.3 Å². The van der Waals surface area contributed by atoms with Gasteiger partial charge >= 0.3 is 0 Å². The van der Waals surface area contributed by atoms with Crippen LogP contribution in [0, 0.1) is 6.92 Å². The molecule has 2 N–H and O–H groups in total. The van der Waals surface area contributed by atoms with Gasteiger partial charge in [0.25, 0.3) is 0 Å². The Balaban J connectivity index is 0.00000288. The zero-order valence-electron chi connectivity index (χ0n) is 15.0. The molecular weight excluding hydrogens is 417 g/mol. The molecule has 0 spiro atoms. The highest BCUT2D eigenvalue weighted by Crippen LogP contribution is 2.15. The first-order valence-corrected chi connectivity index (χ1v) is 8.37. The minimum atomic E-state index is 0. The van der Waals surface area contributed by atoms with Crippen molar-refractivity contribution in [3.63, 3.8) is 0 Å². The Morgan fingerprint density at radius 3 is 2.83 bits per heavy atom. The Bertz CT molecular complexity index is 541. The Labute approximate surface area is 162 Å². The number of aryl methyl sites for hydroxylation is 1. The van der Waals surface area contributed by atoms with E-state index in [9.17, 15) is 0 Å². The van der Waals surface area contributed by atoms with Crippen LogP contribution in [0.2, 0.25) is 0 Å². The minimum absolute atomic E-state index is 0. The number of halogens is 1. The van der Waals surface area contributed by atoms with Crippen LogP contribution in [0.15, 0.2) is 17.6 Å². The summed E-state index contributed by atoms with van der Waals surface area (Å²) in [6, 6.07) is 0.591. The smallest absolute Gasteiger partial charge is 0.192 e. The molecule has 1 atom stereocenters. The Kier molecular flexibility index (Phi) is 9.27. The van der Waals surface area contributed by atoms with Crippen molar-refractivity contribution in [2.24, 2.45) is 12.0 Å². The monoisotopic (exact) mass is 447 g/mol. The van der Waals surface area contributed by atoms with Crippen LogP contribution in [0.5, 0.6) is 0 Å². The maximum absolute atomic E-state index is 4.62. The van der Waals surface area contributed by atoms with Crippen LogP contribution in [-0.4, -0.2) is 57.8 Å². The largest absolute Gasteiger partial charge is 0.355 e. The van der Waals surface area contributed by atoms with Crippen molar-refractivity contribution in [1.29, 1.82) is 0 Å². The molecule has 136 valence electrons. The van der Waals surface area contributed by atoms with E-state index in [4.69, 9.17) is 0 Å². The molecule has 2 heterocycles. The van der Waals surface area contributed by atoms with Crippen LogP contribution >= 0.6 is 24.0 Å². The summed E-state index contributed by atoms with van der Waals surface area (Å²) in [7, 11) is 1.96. The lowest BCUT2D eigenvalue weighted by atomic mass is 10.2. The summed E-state index contributed by atoms with van der Waals surface area (Å²) in [6.07, 6.45) is 4.36. The number of guanidine groups is 1. The third-order valence-electron chi connectivity index (χ3n) is 4.39. The van der Waals surface area contributed by atoms with Crippen molar-refractivity contribution in [2.45, 2.75) is 39.3 Å². The number of likely N-dealkylation sites (N-methyl/N-ethyl adjacent to an activating group) is 1. The van der Waals surface area contributed by atoms with Crippen LogP contribution in [-0.2, 0) is 13.6 Å². The highest BCUT2D eigenvalue weighted by atomic mass is 127. The topological polar surface area (TPSA) is 70.4 Å². The van der Waals surface area contributed by atoms with E-state index in [0.717, 1.165) is 30.7 Å². The highest BCUT2D eigenvalue weighted by molar-refractivity contribution is 14.0. The molecule has 2 rings (SSSR count). The molecule has 0 radical (unpaired) electrons. The van der Waals surface area contributed by atoms with Gasteiger partial charge in [-0.15, -0.1) is 40.8 Å². The first-order chi connectivity index (χ1) is 11.2. The number of likely N-dealkylation sites (tertiary alicyclic amines) is 1. The van der Waals surface area contributed by atoms with E-state index in [1.807, 2.05) is 24.6 Å². The van der Waals surface area contributed by atoms with Crippen molar-refractivity contribution < 1.29 is 0 Å². The van der Waals surface area contributed by atoms with Gasteiger partial charge in [0.1, 0.15) is 12.4 Å². The zero-order valence-corrected chi connectivity index (χ0v) is 17.3. The number of rotatable bonds is 7. The highest BCUT2D eigenvalue weighted by Gasteiger charge is 2.22. The number of aliphatic imine (C=N–C) groups is 1. The molecule has 1 aromatic rings. The lowest BCUT2D eigenvalue weighted by molar-refractivity contribution is 0.267. The summed E-state index contributed by atoms with van der Waals surface area (Å²) in [5.74, 6) is 2.56.